The maximum absolute atomic E-state index is 5.48. The number of rotatable bonds is 1. The lowest BCUT2D eigenvalue weighted by molar-refractivity contribution is 0.310. The van der Waals surface area contributed by atoms with Gasteiger partial charge in [-0.25, -0.2) is 4.68 Å². The predicted molar refractivity (Wildman–Crippen MR) is 34.2 cm³/mol. The average Bonchev–Trinajstić information content (AvgIpc) is 2.08. The van der Waals surface area contributed by atoms with Crippen molar-refractivity contribution in [1.82, 2.24) is 9.78 Å². The molecule has 1 rings (SSSR count). The Balaban J connectivity index is 2.90. The fraction of sp³-hybridized carbons (Fsp3) is 0.400. The molecule has 1 aromatic heterocycles. The highest BCUT2D eigenvalue weighted by molar-refractivity contribution is 4.82. The minimum atomic E-state index is -0.872. The van der Waals surface area contributed by atoms with Crippen molar-refractivity contribution >= 4 is 0 Å². The van der Waals surface area contributed by atoms with E-state index in [9.17, 15) is 0 Å². The molecule has 4 N–H and O–H groups in total. The summed E-state index contributed by atoms with van der Waals surface area (Å²) in [5.74, 6) is -0.872. The Morgan fingerprint density at radius 3 is 2.44 bits per heavy atom. The van der Waals surface area contributed by atoms with Crippen LogP contribution in [0.2, 0.25) is 0 Å². The van der Waals surface area contributed by atoms with Crippen molar-refractivity contribution in [3.05, 3.63) is 18.5 Å². The summed E-state index contributed by atoms with van der Waals surface area (Å²) in [6.45, 7) is 1.68. The Labute approximate surface area is 53.4 Å². The largest absolute Gasteiger partial charge is 0.295 e. The zero-order valence-corrected chi connectivity index (χ0v) is 5.28. The van der Waals surface area contributed by atoms with Gasteiger partial charge in [0.2, 0.25) is 0 Å². The Bertz CT molecular complexity index is 171. The summed E-state index contributed by atoms with van der Waals surface area (Å²) >= 11 is 0. The first-order chi connectivity index (χ1) is 4.11. The van der Waals surface area contributed by atoms with Gasteiger partial charge in [0.05, 0.1) is 0 Å². The van der Waals surface area contributed by atoms with Crippen LogP contribution in [0.3, 0.4) is 0 Å². The third-order valence-electron chi connectivity index (χ3n) is 0.998. The van der Waals surface area contributed by atoms with E-state index in [1.54, 1.807) is 25.4 Å². The minimum Gasteiger partial charge on any atom is -0.295 e. The lowest BCUT2D eigenvalue weighted by atomic mass is 10.4. The molecule has 0 spiro atoms. The van der Waals surface area contributed by atoms with E-state index in [2.05, 4.69) is 5.10 Å². The molecule has 0 amide bonds. The standard InChI is InChI=1S/C5H10N4/c1-5(6,7)9-4-2-3-8-9/h2-4H,6-7H2,1H3. The second kappa shape index (κ2) is 1.82. The van der Waals surface area contributed by atoms with Crippen molar-refractivity contribution in [3.63, 3.8) is 0 Å². The topological polar surface area (TPSA) is 69.9 Å². The highest BCUT2D eigenvalue weighted by Gasteiger charge is 2.11. The average molecular weight is 126 g/mol. The van der Waals surface area contributed by atoms with Crippen molar-refractivity contribution in [2.75, 3.05) is 0 Å². The van der Waals surface area contributed by atoms with Crippen LogP contribution in [-0.2, 0) is 5.79 Å². The normalized spacial score (nSPS) is 11.9. The molecule has 9 heavy (non-hydrogen) atoms. The van der Waals surface area contributed by atoms with Crippen LogP contribution in [0.15, 0.2) is 18.5 Å². The van der Waals surface area contributed by atoms with Crippen LogP contribution in [0.4, 0.5) is 0 Å². The van der Waals surface area contributed by atoms with Gasteiger partial charge in [0.25, 0.3) is 0 Å². The van der Waals surface area contributed by atoms with Crippen LogP contribution >= 0.6 is 0 Å². The molecule has 0 saturated heterocycles. The molecule has 0 aromatic carbocycles. The van der Waals surface area contributed by atoms with E-state index in [0.717, 1.165) is 0 Å². The van der Waals surface area contributed by atoms with Crippen LogP contribution in [0, 0.1) is 0 Å². The van der Waals surface area contributed by atoms with Gasteiger partial charge < -0.3 is 0 Å². The lowest BCUT2D eigenvalue weighted by Crippen LogP contribution is -2.48. The van der Waals surface area contributed by atoms with Crippen molar-refractivity contribution in [2.24, 2.45) is 11.5 Å². The third-order valence-corrected chi connectivity index (χ3v) is 0.998. The lowest BCUT2D eigenvalue weighted by Gasteiger charge is -2.18. The molecule has 0 aliphatic heterocycles. The molecule has 0 unspecified atom stereocenters. The summed E-state index contributed by atoms with van der Waals surface area (Å²) < 4.78 is 1.49. The van der Waals surface area contributed by atoms with E-state index in [-0.39, 0.29) is 0 Å². The second-order valence-electron chi connectivity index (χ2n) is 2.18. The number of nitrogens with two attached hydrogens (primary N) is 2. The van der Waals surface area contributed by atoms with E-state index in [0.29, 0.717) is 0 Å². The minimum absolute atomic E-state index is 0.872. The first kappa shape index (κ1) is 6.25. The Morgan fingerprint density at radius 2 is 2.22 bits per heavy atom. The van der Waals surface area contributed by atoms with Gasteiger partial charge in [-0.05, 0) is 13.0 Å². The van der Waals surface area contributed by atoms with Gasteiger partial charge in [0, 0.05) is 12.4 Å². The SMILES string of the molecule is CC(N)(N)n1cccn1. The van der Waals surface area contributed by atoms with Crippen LogP contribution in [0.1, 0.15) is 6.92 Å². The molecule has 1 heterocycles. The van der Waals surface area contributed by atoms with Gasteiger partial charge in [-0.1, -0.05) is 0 Å². The molecule has 50 valence electrons. The van der Waals surface area contributed by atoms with E-state index in [1.165, 1.54) is 4.68 Å². The molecule has 0 saturated carbocycles. The number of hydrogen-bond donors (Lipinski definition) is 2. The molecule has 4 heteroatoms. The zero-order valence-electron chi connectivity index (χ0n) is 5.28. The number of aromatic nitrogens is 2. The van der Waals surface area contributed by atoms with Gasteiger partial charge in [0.1, 0.15) is 0 Å². The maximum Gasteiger partial charge on any atom is 0.158 e. The fourth-order valence-electron chi connectivity index (χ4n) is 0.554. The Morgan fingerprint density at radius 1 is 1.56 bits per heavy atom. The molecule has 0 bridgehead atoms. The van der Waals surface area contributed by atoms with Crippen molar-refractivity contribution in [2.45, 2.75) is 12.7 Å². The second-order valence-corrected chi connectivity index (χ2v) is 2.18. The molecule has 4 nitrogen and oxygen atoms in total. The quantitative estimate of drug-likeness (QED) is 0.495. The van der Waals surface area contributed by atoms with Gasteiger partial charge in [-0.3, -0.25) is 11.5 Å². The number of nitrogens with zero attached hydrogens (tertiary/aromatic N) is 2. The maximum atomic E-state index is 5.48. The summed E-state index contributed by atoms with van der Waals surface area (Å²) in [6.07, 6.45) is 3.36. The van der Waals surface area contributed by atoms with Crippen molar-refractivity contribution in [1.29, 1.82) is 0 Å². The Hall–Kier alpha value is -0.870. The highest BCUT2D eigenvalue weighted by Crippen LogP contribution is 1.95. The van der Waals surface area contributed by atoms with Gasteiger partial charge in [0.15, 0.2) is 5.79 Å². The zero-order chi connectivity index (χ0) is 6.91. The molecular weight excluding hydrogens is 116 g/mol. The smallest absolute Gasteiger partial charge is 0.158 e. The highest BCUT2D eigenvalue weighted by atomic mass is 15.4. The van der Waals surface area contributed by atoms with Gasteiger partial charge in [-0.15, -0.1) is 0 Å². The monoisotopic (exact) mass is 126 g/mol. The summed E-state index contributed by atoms with van der Waals surface area (Å²) in [5.41, 5.74) is 11.0. The molecule has 0 fully saturated rings. The summed E-state index contributed by atoms with van der Waals surface area (Å²) in [7, 11) is 0. The predicted octanol–water partition coefficient (Wildman–Crippen LogP) is -0.569. The van der Waals surface area contributed by atoms with Crippen LogP contribution < -0.4 is 11.5 Å². The van der Waals surface area contributed by atoms with Crippen LogP contribution in [-0.4, -0.2) is 9.78 Å². The number of hydrogen-bond acceptors (Lipinski definition) is 3. The van der Waals surface area contributed by atoms with Gasteiger partial charge >= 0.3 is 0 Å². The fourth-order valence-corrected chi connectivity index (χ4v) is 0.554. The molecule has 0 radical (unpaired) electrons. The summed E-state index contributed by atoms with van der Waals surface area (Å²) in [6, 6.07) is 1.78. The summed E-state index contributed by atoms with van der Waals surface area (Å²) in [5, 5.41) is 3.85. The first-order valence-corrected chi connectivity index (χ1v) is 2.68. The van der Waals surface area contributed by atoms with E-state index < -0.39 is 5.79 Å². The van der Waals surface area contributed by atoms with Crippen molar-refractivity contribution < 1.29 is 0 Å². The van der Waals surface area contributed by atoms with Crippen LogP contribution in [0.25, 0.3) is 0 Å². The van der Waals surface area contributed by atoms with E-state index in [1.807, 2.05) is 0 Å². The van der Waals surface area contributed by atoms with E-state index >= 15 is 0 Å². The van der Waals surface area contributed by atoms with E-state index in [4.69, 9.17) is 11.5 Å². The molecule has 0 aliphatic rings. The molecule has 0 aliphatic carbocycles. The molecular formula is C5H10N4. The molecule has 0 atom stereocenters. The summed E-state index contributed by atoms with van der Waals surface area (Å²) in [4.78, 5) is 0. The van der Waals surface area contributed by atoms with Crippen LogP contribution in [0.5, 0.6) is 0 Å². The third kappa shape index (κ3) is 1.28. The van der Waals surface area contributed by atoms with Gasteiger partial charge in [-0.2, -0.15) is 5.10 Å². The van der Waals surface area contributed by atoms with Crippen molar-refractivity contribution in [3.8, 4) is 0 Å². The molecule has 1 aromatic rings. The first-order valence-electron chi connectivity index (χ1n) is 2.68. The Kier molecular flexibility index (Phi) is 1.27.